The van der Waals surface area contributed by atoms with E-state index in [1.54, 1.807) is 6.08 Å². The first-order valence-electron chi connectivity index (χ1n) is 13.5. The number of isocyanates is 1. The highest BCUT2D eigenvalue weighted by atomic mass is 16.7. The second-order valence-electron chi connectivity index (χ2n) is 12.1. The van der Waals surface area contributed by atoms with Gasteiger partial charge in [0.1, 0.15) is 0 Å². The lowest BCUT2D eigenvalue weighted by atomic mass is 9.91. The molecule has 0 radical (unpaired) electrons. The van der Waals surface area contributed by atoms with Crippen LogP contribution < -0.4 is 0 Å². The van der Waals surface area contributed by atoms with Crippen molar-refractivity contribution in [2.45, 2.75) is 58.9 Å². The van der Waals surface area contributed by atoms with Crippen molar-refractivity contribution >= 4 is 6.08 Å². The van der Waals surface area contributed by atoms with Crippen molar-refractivity contribution in [1.29, 1.82) is 0 Å². The van der Waals surface area contributed by atoms with Gasteiger partial charge in [-0.05, 0) is 41.5 Å². The fourth-order valence-corrected chi connectivity index (χ4v) is 4.26. The van der Waals surface area contributed by atoms with Crippen molar-refractivity contribution < 1.29 is 47.4 Å². The first-order valence-corrected chi connectivity index (χ1v) is 13.5. The quantitative estimate of drug-likeness (QED) is 0.238. The first kappa shape index (κ1) is 31.5. The molecular weight excluding hydrogens is 498 g/mol. The van der Waals surface area contributed by atoms with Crippen molar-refractivity contribution in [2.75, 3.05) is 85.8 Å². The van der Waals surface area contributed by atoms with Crippen LogP contribution in [0.1, 0.15) is 41.5 Å². The molecule has 220 valence electrons. The molecule has 0 spiro atoms. The molecule has 11 nitrogen and oxygen atoms in total. The standard InChI is InChI=1S/C27H47NO10/c1-24(2)33-10-21(11-34-24)7-30-17-27(16-28-20-29,18-31-8-22-12-35-25(3,4)36-13-22)19-32-9-23-14-37-26(5,6)38-15-23/h21-23H,7-19H2,1-6H3. The topological polar surface area (TPSA) is 113 Å². The number of rotatable bonds is 14. The highest BCUT2D eigenvalue weighted by molar-refractivity contribution is 5.33. The highest BCUT2D eigenvalue weighted by Gasteiger charge is 2.36. The smallest absolute Gasteiger partial charge is 0.234 e. The lowest BCUT2D eigenvalue weighted by Crippen LogP contribution is -2.45. The van der Waals surface area contributed by atoms with E-state index in [0.717, 1.165) is 0 Å². The van der Waals surface area contributed by atoms with E-state index in [1.807, 2.05) is 41.5 Å². The molecular formula is C27H47NO10. The van der Waals surface area contributed by atoms with Crippen LogP contribution in [-0.4, -0.2) is 109 Å². The summed E-state index contributed by atoms with van der Waals surface area (Å²) in [5.74, 6) is -1.41. The summed E-state index contributed by atoms with van der Waals surface area (Å²) in [7, 11) is 0. The summed E-state index contributed by atoms with van der Waals surface area (Å²) in [5, 5.41) is 0. The molecule has 0 unspecified atom stereocenters. The zero-order valence-electron chi connectivity index (χ0n) is 24.0. The maximum absolute atomic E-state index is 11.1. The van der Waals surface area contributed by atoms with E-state index in [-0.39, 0.29) is 44.1 Å². The molecule has 3 aliphatic heterocycles. The normalized spacial score (nSPS) is 24.7. The van der Waals surface area contributed by atoms with Gasteiger partial charge in [0.05, 0.1) is 91.2 Å². The van der Waals surface area contributed by atoms with Crippen LogP contribution in [0.25, 0.3) is 0 Å². The van der Waals surface area contributed by atoms with Crippen LogP contribution in [0, 0.1) is 23.2 Å². The maximum Gasteiger partial charge on any atom is 0.234 e. The number of aliphatic imine (C=N–C) groups is 1. The fraction of sp³-hybridized carbons (Fsp3) is 0.963. The second-order valence-corrected chi connectivity index (χ2v) is 12.1. The fourth-order valence-electron chi connectivity index (χ4n) is 4.26. The Morgan fingerprint density at radius 2 is 0.921 bits per heavy atom. The Morgan fingerprint density at radius 1 is 0.632 bits per heavy atom. The molecule has 38 heavy (non-hydrogen) atoms. The Kier molecular flexibility index (Phi) is 11.7. The molecule has 0 atom stereocenters. The van der Waals surface area contributed by atoms with Gasteiger partial charge < -0.3 is 42.6 Å². The predicted molar refractivity (Wildman–Crippen MR) is 136 cm³/mol. The van der Waals surface area contributed by atoms with E-state index < -0.39 is 22.8 Å². The molecule has 0 bridgehead atoms. The number of ether oxygens (including phenoxy) is 9. The van der Waals surface area contributed by atoms with Crippen LogP contribution in [0.5, 0.6) is 0 Å². The Balaban J connectivity index is 1.55. The molecule has 0 saturated carbocycles. The molecule has 0 aromatic rings. The molecule has 3 rings (SSSR count). The molecule has 0 amide bonds. The number of hydrogen-bond donors (Lipinski definition) is 0. The molecule has 3 aliphatic rings. The number of carbonyl (C=O) groups excluding carboxylic acids is 1. The van der Waals surface area contributed by atoms with Gasteiger partial charge in [-0.15, -0.1) is 0 Å². The molecule has 0 aromatic carbocycles. The summed E-state index contributed by atoms with van der Waals surface area (Å²) in [6.45, 7) is 17.0. The maximum atomic E-state index is 11.1. The highest BCUT2D eigenvalue weighted by Crippen LogP contribution is 2.26. The summed E-state index contributed by atoms with van der Waals surface area (Å²) in [5.41, 5.74) is -0.682. The van der Waals surface area contributed by atoms with Crippen LogP contribution in [0.15, 0.2) is 4.99 Å². The van der Waals surface area contributed by atoms with Crippen LogP contribution >= 0.6 is 0 Å². The molecule has 0 N–H and O–H groups in total. The summed E-state index contributed by atoms with van der Waals surface area (Å²) in [4.78, 5) is 15.0. The van der Waals surface area contributed by atoms with Crippen LogP contribution in [-0.2, 0) is 47.4 Å². The van der Waals surface area contributed by atoms with Crippen molar-refractivity contribution in [3.63, 3.8) is 0 Å². The number of nitrogens with zero attached hydrogens (tertiary/aromatic N) is 1. The molecule has 3 fully saturated rings. The molecule has 3 heterocycles. The monoisotopic (exact) mass is 545 g/mol. The third-order valence-corrected chi connectivity index (χ3v) is 6.76. The van der Waals surface area contributed by atoms with E-state index in [4.69, 9.17) is 42.6 Å². The lowest BCUT2D eigenvalue weighted by molar-refractivity contribution is -0.269. The molecule has 0 aromatic heterocycles. The minimum atomic E-state index is -0.682. The molecule has 11 heteroatoms. The van der Waals surface area contributed by atoms with Gasteiger partial charge in [-0.2, -0.15) is 0 Å². The van der Waals surface area contributed by atoms with E-state index in [1.165, 1.54) is 0 Å². The largest absolute Gasteiger partial charge is 0.380 e. The lowest BCUT2D eigenvalue weighted by Gasteiger charge is -2.37. The van der Waals surface area contributed by atoms with E-state index in [2.05, 4.69) is 4.99 Å². The Morgan fingerprint density at radius 3 is 1.18 bits per heavy atom. The number of hydrogen-bond acceptors (Lipinski definition) is 11. The van der Waals surface area contributed by atoms with Crippen LogP contribution in [0.2, 0.25) is 0 Å². The van der Waals surface area contributed by atoms with Crippen molar-refractivity contribution in [3.8, 4) is 0 Å². The summed E-state index contributed by atoms with van der Waals surface area (Å²) in [6, 6.07) is 0. The van der Waals surface area contributed by atoms with E-state index in [9.17, 15) is 4.79 Å². The summed E-state index contributed by atoms with van der Waals surface area (Å²) < 4.78 is 52.9. The van der Waals surface area contributed by atoms with E-state index >= 15 is 0 Å². The van der Waals surface area contributed by atoms with Gasteiger partial charge in [0.25, 0.3) is 0 Å². The van der Waals surface area contributed by atoms with E-state index in [0.29, 0.717) is 59.5 Å². The van der Waals surface area contributed by atoms with Gasteiger partial charge in [-0.1, -0.05) is 0 Å². The van der Waals surface area contributed by atoms with Gasteiger partial charge in [0, 0.05) is 17.8 Å². The average Bonchev–Trinajstić information content (AvgIpc) is 2.86. The third-order valence-electron chi connectivity index (χ3n) is 6.76. The van der Waals surface area contributed by atoms with Crippen molar-refractivity contribution in [1.82, 2.24) is 0 Å². The minimum absolute atomic E-state index is 0.108. The molecule has 0 aliphatic carbocycles. The van der Waals surface area contributed by atoms with Gasteiger partial charge in [0.15, 0.2) is 17.4 Å². The van der Waals surface area contributed by atoms with Crippen molar-refractivity contribution in [2.24, 2.45) is 28.2 Å². The predicted octanol–water partition coefficient (Wildman–Crippen LogP) is 2.56. The summed E-state index contributed by atoms with van der Waals surface area (Å²) in [6.07, 6.45) is 1.66. The zero-order valence-corrected chi connectivity index (χ0v) is 24.0. The van der Waals surface area contributed by atoms with Crippen LogP contribution in [0.3, 0.4) is 0 Å². The Hall–Kier alpha value is -0.980. The van der Waals surface area contributed by atoms with Gasteiger partial charge in [0.2, 0.25) is 6.08 Å². The third kappa shape index (κ3) is 10.9. The van der Waals surface area contributed by atoms with Gasteiger partial charge >= 0.3 is 0 Å². The summed E-state index contributed by atoms with van der Waals surface area (Å²) >= 11 is 0. The minimum Gasteiger partial charge on any atom is -0.380 e. The average molecular weight is 546 g/mol. The van der Waals surface area contributed by atoms with Gasteiger partial charge in [-0.3, -0.25) is 0 Å². The Labute approximate surface area is 226 Å². The van der Waals surface area contributed by atoms with Gasteiger partial charge in [-0.25, -0.2) is 9.79 Å². The first-order chi connectivity index (χ1) is 17.9. The molecule has 3 saturated heterocycles. The SMILES string of the molecule is CC1(C)OCC(COCC(CN=C=O)(COCC2COC(C)(C)OC2)COCC2COC(C)(C)OC2)CO1. The second kappa shape index (κ2) is 14.1. The Bertz CT molecular complexity index is 653. The van der Waals surface area contributed by atoms with Crippen molar-refractivity contribution in [3.05, 3.63) is 0 Å². The van der Waals surface area contributed by atoms with Crippen LogP contribution in [0.4, 0.5) is 0 Å². The zero-order chi connectivity index (χ0) is 27.7.